The molecule has 2 rings (SSSR count). The Morgan fingerprint density at radius 1 is 1.44 bits per heavy atom. The average molecular weight is 268 g/mol. The number of hydrogen-bond acceptors (Lipinski definition) is 3. The van der Waals surface area contributed by atoms with Gasteiger partial charge in [-0.3, -0.25) is 0 Å². The van der Waals surface area contributed by atoms with Gasteiger partial charge in [0.25, 0.3) is 0 Å². The van der Waals surface area contributed by atoms with Crippen LogP contribution < -0.4 is 0 Å². The summed E-state index contributed by atoms with van der Waals surface area (Å²) in [5, 5.41) is 21.8. The Bertz CT molecular complexity index is 463. The molecule has 4 heteroatoms. The number of rotatable bonds is 2. The lowest BCUT2D eigenvalue weighted by atomic mass is 9.64. The monoisotopic (exact) mass is 268 g/mol. The van der Waals surface area contributed by atoms with Gasteiger partial charge in [-0.15, -0.1) is 11.3 Å². The van der Waals surface area contributed by atoms with Gasteiger partial charge in [-0.2, -0.15) is 0 Å². The van der Waals surface area contributed by atoms with E-state index >= 15 is 0 Å². The number of thiophene rings is 1. The second-order valence-corrected chi connectivity index (χ2v) is 7.08. The number of aliphatic hydroxyl groups is 1. The molecule has 0 bridgehead atoms. The summed E-state index contributed by atoms with van der Waals surface area (Å²) in [7, 11) is 0. The summed E-state index contributed by atoms with van der Waals surface area (Å²) in [5.74, 6) is -0.866. The highest BCUT2D eigenvalue weighted by Gasteiger charge is 2.45. The van der Waals surface area contributed by atoms with Crippen LogP contribution in [0.2, 0.25) is 0 Å². The van der Waals surface area contributed by atoms with Gasteiger partial charge < -0.3 is 10.2 Å². The second kappa shape index (κ2) is 4.35. The van der Waals surface area contributed by atoms with Crippen LogP contribution in [0.25, 0.3) is 0 Å². The highest BCUT2D eigenvalue weighted by Crippen LogP contribution is 2.50. The van der Waals surface area contributed by atoms with Crippen LogP contribution in [0, 0.1) is 11.3 Å². The zero-order valence-electron chi connectivity index (χ0n) is 11.1. The summed E-state index contributed by atoms with van der Waals surface area (Å²) in [6.45, 7) is 6.43. The van der Waals surface area contributed by atoms with Crippen LogP contribution >= 0.6 is 11.3 Å². The van der Waals surface area contributed by atoms with E-state index in [1.165, 1.54) is 11.3 Å². The van der Waals surface area contributed by atoms with Gasteiger partial charge in [-0.05, 0) is 42.0 Å². The molecule has 0 radical (unpaired) electrons. The van der Waals surface area contributed by atoms with Crippen LogP contribution in [0.5, 0.6) is 0 Å². The molecule has 2 unspecified atom stereocenters. The standard InChI is InChI=1S/C14H20O3S/c1-9-8-13(2,3)5-6-14(9,17)11-10(12(15)16)4-7-18-11/h4,7,9,17H,5-6,8H2,1-3H3,(H,15,16). The van der Waals surface area contributed by atoms with Gasteiger partial charge in [0.15, 0.2) is 0 Å². The highest BCUT2D eigenvalue weighted by molar-refractivity contribution is 7.10. The Balaban J connectivity index is 2.37. The number of hydrogen-bond donors (Lipinski definition) is 2. The van der Waals surface area contributed by atoms with Crippen molar-refractivity contribution in [2.45, 2.75) is 45.6 Å². The summed E-state index contributed by atoms with van der Waals surface area (Å²) in [5.41, 5.74) is -0.488. The summed E-state index contributed by atoms with van der Waals surface area (Å²) >= 11 is 1.36. The summed E-state index contributed by atoms with van der Waals surface area (Å²) in [6.07, 6.45) is 2.48. The van der Waals surface area contributed by atoms with Crippen molar-refractivity contribution >= 4 is 17.3 Å². The fraction of sp³-hybridized carbons (Fsp3) is 0.643. The minimum Gasteiger partial charge on any atom is -0.478 e. The molecule has 0 spiro atoms. The molecule has 1 aromatic rings. The maximum atomic E-state index is 11.2. The quantitative estimate of drug-likeness (QED) is 0.863. The highest BCUT2D eigenvalue weighted by atomic mass is 32.1. The number of carboxylic acid groups (broad SMARTS) is 1. The lowest BCUT2D eigenvalue weighted by Gasteiger charge is -2.45. The van der Waals surface area contributed by atoms with E-state index in [-0.39, 0.29) is 16.9 Å². The maximum absolute atomic E-state index is 11.2. The molecule has 0 aliphatic heterocycles. The molecule has 0 aromatic carbocycles. The zero-order valence-corrected chi connectivity index (χ0v) is 11.9. The second-order valence-electron chi connectivity index (χ2n) is 6.16. The Hall–Kier alpha value is -0.870. The van der Waals surface area contributed by atoms with Crippen LogP contribution in [-0.4, -0.2) is 16.2 Å². The van der Waals surface area contributed by atoms with Gasteiger partial charge in [-0.25, -0.2) is 4.79 Å². The fourth-order valence-corrected chi connectivity index (χ4v) is 4.16. The molecule has 0 amide bonds. The van der Waals surface area contributed by atoms with Crippen molar-refractivity contribution in [2.75, 3.05) is 0 Å². The SMILES string of the molecule is CC1CC(C)(C)CCC1(O)c1sccc1C(=O)O. The molecule has 1 fully saturated rings. The van der Waals surface area contributed by atoms with E-state index in [9.17, 15) is 15.0 Å². The van der Waals surface area contributed by atoms with E-state index in [2.05, 4.69) is 13.8 Å². The van der Waals surface area contributed by atoms with Crippen molar-refractivity contribution in [1.82, 2.24) is 0 Å². The molecule has 3 nitrogen and oxygen atoms in total. The van der Waals surface area contributed by atoms with Crippen LogP contribution in [0.15, 0.2) is 11.4 Å². The summed E-state index contributed by atoms with van der Waals surface area (Å²) in [4.78, 5) is 11.8. The third-order valence-electron chi connectivity index (χ3n) is 4.15. The first-order valence-electron chi connectivity index (χ1n) is 6.30. The van der Waals surface area contributed by atoms with E-state index in [4.69, 9.17) is 0 Å². The number of carboxylic acids is 1. The van der Waals surface area contributed by atoms with E-state index < -0.39 is 11.6 Å². The molecule has 100 valence electrons. The van der Waals surface area contributed by atoms with Crippen molar-refractivity contribution in [1.29, 1.82) is 0 Å². The molecule has 1 heterocycles. The van der Waals surface area contributed by atoms with Gasteiger partial charge >= 0.3 is 5.97 Å². The minimum absolute atomic E-state index is 0.0815. The molecule has 2 N–H and O–H groups in total. The third-order valence-corrected chi connectivity index (χ3v) is 5.23. The first kappa shape index (κ1) is 13.6. The molecule has 2 atom stereocenters. The van der Waals surface area contributed by atoms with Gasteiger partial charge in [0.2, 0.25) is 0 Å². The van der Waals surface area contributed by atoms with Gasteiger partial charge in [-0.1, -0.05) is 20.8 Å². The van der Waals surface area contributed by atoms with Crippen molar-refractivity contribution < 1.29 is 15.0 Å². The van der Waals surface area contributed by atoms with E-state index in [1.807, 2.05) is 6.92 Å². The number of aromatic carboxylic acids is 1. The third kappa shape index (κ3) is 2.19. The predicted molar refractivity (Wildman–Crippen MR) is 72.0 cm³/mol. The van der Waals surface area contributed by atoms with Gasteiger partial charge in [0.1, 0.15) is 5.60 Å². The van der Waals surface area contributed by atoms with Crippen LogP contribution in [0.1, 0.15) is 55.3 Å². The number of carbonyl (C=O) groups is 1. The molecule has 18 heavy (non-hydrogen) atoms. The van der Waals surface area contributed by atoms with Crippen molar-refractivity contribution in [3.63, 3.8) is 0 Å². The van der Waals surface area contributed by atoms with E-state index in [1.54, 1.807) is 11.4 Å². The lowest BCUT2D eigenvalue weighted by molar-refractivity contribution is -0.0747. The van der Waals surface area contributed by atoms with Gasteiger partial charge in [0.05, 0.1) is 10.4 Å². The smallest absolute Gasteiger partial charge is 0.336 e. The Labute approximate surface area is 111 Å². The Morgan fingerprint density at radius 3 is 2.67 bits per heavy atom. The van der Waals surface area contributed by atoms with E-state index in [0.717, 1.165) is 12.8 Å². The largest absolute Gasteiger partial charge is 0.478 e. The van der Waals surface area contributed by atoms with Crippen molar-refractivity contribution in [2.24, 2.45) is 11.3 Å². The first-order valence-corrected chi connectivity index (χ1v) is 7.18. The van der Waals surface area contributed by atoms with Crippen LogP contribution in [0.4, 0.5) is 0 Å². The molecule has 0 saturated heterocycles. The van der Waals surface area contributed by atoms with Gasteiger partial charge in [0, 0.05) is 0 Å². The minimum atomic E-state index is -0.975. The van der Waals surface area contributed by atoms with Crippen LogP contribution in [0.3, 0.4) is 0 Å². The predicted octanol–water partition coefficient (Wildman–Crippen LogP) is 3.48. The molecule has 1 aliphatic carbocycles. The molecular weight excluding hydrogens is 248 g/mol. The van der Waals surface area contributed by atoms with Crippen molar-refractivity contribution in [3.05, 3.63) is 21.9 Å². The topological polar surface area (TPSA) is 57.5 Å². The fourth-order valence-electron chi connectivity index (χ4n) is 3.03. The average Bonchev–Trinajstić information content (AvgIpc) is 2.73. The Kier molecular flexibility index (Phi) is 3.28. The first-order chi connectivity index (χ1) is 8.26. The van der Waals surface area contributed by atoms with Crippen LogP contribution in [-0.2, 0) is 5.60 Å². The molecule has 1 aliphatic rings. The van der Waals surface area contributed by atoms with Crippen molar-refractivity contribution in [3.8, 4) is 0 Å². The summed E-state index contributed by atoms with van der Waals surface area (Å²) < 4.78 is 0. The normalized spacial score (nSPS) is 31.2. The zero-order chi connectivity index (χ0) is 13.6. The molecule has 1 aromatic heterocycles. The Morgan fingerprint density at radius 2 is 2.11 bits per heavy atom. The lowest BCUT2D eigenvalue weighted by Crippen LogP contribution is -2.41. The molecular formula is C14H20O3S. The summed E-state index contributed by atoms with van der Waals surface area (Å²) in [6, 6.07) is 1.59. The molecule has 1 saturated carbocycles. The van der Waals surface area contributed by atoms with E-state index in [0.29, 0.717) is 11.3 Å². The maximum Gasteiger partial charge on any atom is 0.336 e.